The Hall–Kier alpha value is -0.670. The third kappa shape index (κ3) is 2.53. The number of hydrogen-bond acceptors (Lipinski definition) is 2. The van der Waals surface area contributed by atoms with Gasteiger partial charge in [0.25, 0.3) is 0 Å². The minimum Gasteiger partial charge on any atom is -0.314 e. The predicted octanol–water partition coefficient (Wildman–Crippen LogP) is 2.20. The van der Waals surface area contributed by atoms with Crippen LogP contribution in [0, 0.1) is 0 Å². The van der Waals surface area contributed by atoms with Crippen LogP contribution in [-0.2, 0) is 10.8 Å². The highest BCUT2D eigenvalue weighted by Gasteiger charge is 2.22. The first-order chi connectivity index (χ1) is 7.68. The Labute approximate surface area is 99.9 Å². The lowest BCUT2D eigenvalue weighted by Crippen LogP contribution is -2.35. The van der Waals surface area contributed by atoms with E-state index in [4.69, 9.17) is 0 Å². The van der Waals surface area contributed by atoms with Gasteiger partial charge in [0, 0.05) is 29.6 Å². The van der Waals surface area contributed by atoms with Crippen LogP contribution in [0.1, 0.15) is 36.1 Å². The van der Waals surface area contributed by atoms with Crippen molar-refractivity contribution >= 4 is 10.8 Å². The second kappa shape index (κ2) is 5.11. The Morgan fingerprint density at radius 2 is 2.00 bits per heavy atom. The van der Waals surface area contributed by atoms with Crippen molar-refractivity contribution in [2.24, 2.45) is 0 Å². The monoisotopic (exact) mass is 237 g/mol. The van der Waals surface area contributed by atoms with E-state index in [1.807, 2.05) is 0 Å². The van der Waals surface area contributed by atoms with Crippen molar-refractivity contribution in [1.29, 1.82) is 0 Å². The zero-order valence-electron chi connectivity index (χ0n) is 9.90. The highest BCUT2D eigenvalue weighted by Crippen LogP contribution is 2.23. The van der Waals surface area contributed by atoms with Gasteiger partial charge in [0.15, 0.2) is 0 Å². The van der Waals surface area contributed by atoms with Crippen LogP contribution in [0.3, 0.4) is 0 Å². The molecule has 1 aromatic rings. The zero-order valence-corrected chi connectivity index (χ0v) is 10.7. The molecule has 2 unspecified atom stereocenters. The third-order valence-corrected chi connectivity index (χ3v) is 4.78. The van der Waals surface area contributed by atoms with Crippen molar-refractivity contribution in [2.45, 2.75) is 25.0 Å². The van der Waals surface area contributed by atoms with Crippen LogP contribution in [0.4, 0.5) is 0 Å². The van der Waals surface area contributed by atoms with Crippen molar-refractivity contribution in [3.05, 3.63) is 35.4 Å². The molecule has 1 N–H and O–H groups in total. The summed E-state index contributed by atoms with van der Waals surface area (Å²) in [6, 6.07) is 8.58. The molecule has 1 saturated heterocycles. The topological polar surface area (TPSA) is 29.1 Å². The summed E-state index contributed by atoms with van der Waals surface area (Å²) in [5, 5.41) is 3.48. The molecular weight excluding hydrogens is 218 g/mol. The fourth-order valence-electron chi connectivity index (χ4n) is 2.01. The van der Waals surface area contributed by atoms with Gasteiger partial charge in [-0.2, -0.15) is 0 Å². The van der Waals surface area contributed by atoms with Crippen LogP contribution in [-0.4, -0.2) is 23.1 Å². The molecule has 0 saturated carbocycles. The number of hydrogen-bond donors (Lipinski definition) is 1. The van der Waals surface area contributed by atoms with Crippen LogP contribution >= 0.6 is 0 Å². The van der Waals surface area contributed by atoms with E-state index in [2.05, 4.69) is 43.4 Å². The number of nitrogens with one attached hydrogen (secondary N) is 1. The highest BCUT2D eigenvalue weighted by atomic mass is 32.2. The lowest BCUT2D eigenvalue weighted by atomic mass is 10.0. The molecule has 0 bridgehead atoms. The molecule has 0 radical (unpaired) electrons. The van der Waals surface area contributed by atoms with Gasteiger partial charge in [0.05, 0.1) is 5.25 Å². The van der Waals surface area contributed by atoms with Crippen LogP contribution in [0.2, 0.25) is 0 Å². The molecule has 0 amide bonds. The van der Waals surface area contributed by atoms with E-state index in [1.54, 1.807) is 0 Å². The lowest BCUT2D eigenvalue weighted by molar-refractivity contribution is 0.624. The minimum absolute atomic E-state index is 0.176. The summed E-state index contributed by atoms with van der Waals surface area (Å²) in [6.45, 7) is 6.10. The van der Waals surface area contributed by atoms with Crippen molar-refractivity contribution < 1.29 is 4.21 Å². The average Bonchev–Trinajstić information content (AvgIpc) is 2.30. The molecule has 1 fully saturated rings. The number of rotatable bonds is 2. The highest BCUT2D eigenvalue weighted by molar-refractivity contribution is 7.85. The molecule has 0 aromatic heterocycles. The van der Waals surface area contributed by atoms with Crippen LogP contribution < -0.4 is 5.32 Å². The van der Waals surface area contributed by atoms with Gasteiger partial charge in [-0.1, -0.05) is 38.1 Å². The molecule has 2 nitrogen and oxygen atoms in total. The average molecular weight is 237 g/mol. The first-order valence-corrected chi connectivity index (χ1v) is 7.24. The Morgan fingerprint density at radius 3 is 2.56 bits per heavy atom. The van der Waals surface area contributed by atoms with Gasteiger partial charge >= 0.3 is 0 Å². The van der Waals surface area contributed by atoms with E-state index in [0.29, 0.717) is 5.92 Å². The molecule has 88 valence electrons. The van der Waals surface area contributed by atoms with E-state index in [0.717, 1.165) is 18.8 Å². The van der Waals surface area contributed by atoms with Crippen LogP contribution in [0.15, 0.2) is 24.3 Å². The SMILES string of the molecule is CC(C)c1ccc(C2CNCCS2=O)cc1. The fourth-order valence-corrected chi connectivity index (χ4v) is 3.40. The van der Waals surface area contributed by atoms with E-state index in [1.165, 1.54) is 11.1 Å². The van der Waals surface area contributed by atoms with Crippen LogP contribution in [0.25, 0.3) is 0 Å². The first kappa shape index (κ1) is 11.8. The predicted molar refractivity (Wildman–Crippen MR) is 69.2 cm³/mol. The maximum absolute atomic E-state index is 11.9. The summed E-state index contributed by atoms with van der Waals surface area (Å²) in [7, 11) is -0.709. The molecule has 1 aliphatic heterocycles. The molecule has 2 rings (SSSR count). The standard InChI is InChI=1S/C13H19NOS/c1-10(2)11-3-5-12(6-4-11)13-9-14-7-8-16(13)15/h3-6,10,13-14H,7-9H2,1-2H3. The first-order valence-electron chi connectivity index (χ1n) is 5.86. The minimum atomic E-state index is -0.709. The van der Waals surface area contributed by atoms with E-state index in [9.17, 15) is 4.21 Å². The summed E-state index contributed by atoms with van der Waals surface area (Å²) in [4.78, 5) is 0. The van der Waals surface area contributed by atoms with Crippen molar-refractivity contribution in [3.63, 3.8) is 0 Å². The largest absolute Gasteiger partial charge is 0.314 e. The summed E-state index contributed by atoms with van der Waals surface area (Å²) in [5.41, 5.74) is 2.55. The Morgan fingerprint density at radius 1 is 1.31 bits per heavy atom. The van der Waals surface area contributed by atoms with Gasteiger partial charge in [-0.15, -0.1) is 0 Å². The maximum atomic E-state index is 11.9. The summed E-state index contributed by atoms with van der Waals surface area (Å²) in [5.74, 6) is 1.33. The van der Waals surface area contributed by atoms with E-state index in [-0.39, 0.29) is 5.25 Å². The summed E-state index contributed by atoms with van der Waals surface area (Å²) in [6.07, 6.45) is 0. The molecule has 1 heterocycles. The van der Waals surface area contributed by atoms with Gasteiger partial charge in [0.1, 0.15) is 0 Å². The molecule has 3 heteroatoms. The van der Waals surface area contributed by atoms with E-state index < -0.39 is 10.8 Å². The molecular formula is C13H19NOS. The quantitative estimate of drug-likeness (QED) is 0.854. The molecule has 0 spiro atoms. The van der Waals surface area contributed by atoms with Crippen molar-refractivity contribution in [1.82, 2.24) is 5.32 Å². The Bertz CT molecular complexity index is 372. The normalized spacial score (nSPS) is 25.9. The molecule has 0 aliphatic carbocycles. The molecule has 1 aliphatic rings. The maximum Gasteiger partial charge on any atom is 0.0722 e. The summed E-state index contributed by atoms with van der Waals surface area (Å²) >= 11 is 0. The smallest absolute Gasteiger partial charge is 0.0722 e. The van der Waals surface area contributed by atoms with Gasteiger partial charge in [0.2, 0.25) is 0 Å². The van der Waals surface area contributed by atoms with Crippen molar-refractivity contribution in [3.8, 4) is 0 Å². The van der Waals surface area contributed by atoms with Gasteiger partial charge in [-0.3, -0.25) is 4.21 Å². The van der Waals surface area contributed by atoms with Crippen molar-refractivity contribution in [2.75, 3.05) is 18.8 Å². The fraction of sp³-hybridized carbons (Fsp3) is 0.538. The number of benzene rings is 1. The second-order valence-corrected chi connectivity index (χ2v) is 6.34. The lowest BCUT2D eigenvalue weighted by Gasteiger charge is -2.23. The molecule has 2 atom stereocenters. The molecule has 16 heavy (non-hydrogen) atoms. The van der Waals surface area contributed by atoms with Gasteiger partial charge in [-0.25, -0.2) is 0 Å². The Balaban J connectivity index is 2.17. The van der Waals surface area contributed by atoms with Gasteiger partial charge in [-0.05, 0) is 17.0 Å². The van der Waals surface area contributed by atoms with Gasteiger partial charge < -0.3 is 5.32 Å². The van der Waals surface area contributed by atoms with Crippen LogP contribution in [0.5, 0.6) is 0 Å². The second-order valence-electron chi connectivity index (χ2n) is 4.60. The zero-order chi connectivity index (χ0) is 11.5. The summed E-state index contributed by atoms with van der Waals surface area (Å²) < 4.78 is 11.9. The molecule has 1 aromatic carbocycles. The Kier molecular flexibility index (Phi) is 3.77. The van der Waals surface area contributed by atoms with E-state index >= 15 is 0 Å². The third-order valence-electron chi connectivity index (χ3n) is 3.10.